The van der Waals surface area contributed by atoms with Crippen molar-refractivity contribution in [3.8, 4) is 5.75 Å². The Kier molecular flexibility index (Phi) is 7.70. The lowest BCUT2D eigenvalue weighted by atomic mass is 10.0. The minimum Gasteiger partial charge on any atom is -0.489 e. The van der Waals surface area contributed by atoms with Gasteiger partial charge in [-0.15, -0.1) is 0 Å². The minimum absolute atomic E-state index is 0.0656. The van der Waals surface area contributed by atoms with Crippen molar-refractivity contribution >= 4 is 28.7 Å². The summed E-state index contributed by atoms with van der Waals surface area (Å²) in [4.78, 5) is 24.0. The molecule has 7 heteroatoms. The number of rotatable bonds is 9. The van der Waals surface area contributed by atoms with Gasteiger partial charge >= 0.3 is 5.97 Å². The van der Waals surface area contributed by atoms with Gasteiger partial charge in [-0.3, -0.25) is 4.79 Å². The van der Waals surface area contributed by atoms with Crippen molar-refractivity contribution in [3.63, 3.8) is 0 Å². The molecule has 0 bridgehead atoms. The summed E-state index contributed by atoms with van der Waals surface area (Å²) in [7, 11) is 0. The standard InChI is InChI=1S/C29H23F2NO4/c30-25-7-3-1-5-20(25)12-14-28(33)32-27(29(34)35)16-19-9-10-22-17-24(13-11-21(22)15-19)36-18-23-6-2-4-8-26(23)31/h1-15,17,27H,16,18H2,(H,32,33)(H,34,35)/b14-12+. The molecule has 0 heterocycles. The summed E-state index contributed by atoms with van der Waals surface area (Å²) in [6.45, 7) is 0.0988. The third-order valence-electron chi connectivity index (χ3n) is 5.60. The van der Waals surface area contributed by atoms with E-state index in [0.29, 0.717) is 16.9 Å². The summed E-state index contributed by atoms with van der Waals surface area (Å²) < 4.78 is 33.2. The van der Waals surface area contributed by atoms with E-state index in [1.807, 2.05) is 24.3 Å². The van der Waals surface area contributed by atoms with Crippen LogP contribution in [0.1, 0.15) is 16.7 Å². The summed E-state index contributed by atoms with van der Waals surface area (Å²) in [5.41, 5.74) is 1.40. The van der Waals surface area contributed by atoms with Gasteiger partial charge in [-0.2, -0.15) is 0 Å². The largest absolute Gasteiger partial charge is 0.489 e. The van der Waals surface area contributed by atoms with Gasteiger partial charge in [0.15, 0.2) is 0 Å². The van der Waals surface area contributed by atoms with Crippen LogP contribution in [0.15, 0.2) is 91.0 Å². The molecule has 36 heavy (non-hydrogen) atoms. The fourth-order valence-electron chi connectivity index (χ4n) is 3.70. The van der Waals surface area contributed by atoms with E-state index in [9.17, 15) is 23.5 Å². The molecule has 0 radical (unpaired) electrons. The lowest BCUT2D eigenvalue weighted by molar-refractivity contribution is -0.141. The Morgan fingerprint density at radius 3 is 2.33 bits per heavy atom. The van der Waals surface area contributed by atoms with Crippen LogP contribution in [-0.2, 0) is 22.6 Å². The number of halogens is 2. The van der Waals surface area contributed by atoms with E-state index < -0.39 is 23.7 Å². The average molecular weight is 488 g/mol. The molecule has 4 rings (SSSR count). The number of carboxylic acids is 1. The molecule has 2 N–H and O–H groups in total. The third-order valence-corrected chi connectivity index (χ3v) is 5.60. The van der Waals surface area contributed by atoms with E-state index in [1.165, 1.54) is 30.3 Å². The molecule has 0 aliphatic rings. The first kappa shape index (κ1) is 24.6. The molecule has 1 atom stereocenters. The fourth-order valence-corrected chi connectivity index (χ4v) is 3.70. The van der Waals surface area contributed by atoms with Gasteiger partial charge in [-0.25, -0.2) is 13.6 Å². The van der Waals surface area contributed by atoms with Crippen LogP contribution >= 0.6 is 0 Å². The molecular weight excluding hydrogens is 464 g/mol. The molecule has 0 aliphatic carbocycles. The van der Waals surface area contributed by atoms with E-state index in [4.69, 9.17) is 4.74 Å². The van der Waals surface area contributed by atoms with Crippen LogP contribution in [-0.4, -0.2) is 23.0 Å². The fraction of sp³-hybridized carbons (Fsp3) is 0.103. The van der Waals surface area contributed by atoms with Gasteiger partial charge in [0.25, 0.3) is 0 Å². The van der Waals surface area contributed by atoms with Crippen LogP contribution in [0, 0.1) is 11.6 Å². The van der Waals surface area contributed by atoms with Crippen LogP contribution in [0.2, 0.25) is 0 Å². The van der Waals surface area contributed by atoms with Crippen molar-refractivity contribution < 1.29 is 28.2 Å². The molecule has 0 spiro atoms. The van der Waals surface area contributed by atoms with Crippen LogP contribution in [0.5, 0.6) is 5.75 Å². The van der Waals surface area contributed by atoms with Gasteiger partial charge in [0, 0.05) is 23.6 Å². The molecule has 0 aliphatic heterocycles. The Labute approximate surface area is 206 Å². The number of aliphatic carboxylic acids is 1. The number of carboxylic acid groups (broad SMARTS) is 1. The second-order valence-corrected chi connectivity index (χ2v) is 8.18. The monoisotopic (exact) mass is 487 g/mol. The summed E-state index contributed by atoms with van der Waals surface area (Å²) in [6, 6.07) is 22.1. The molecule has 1 amide bonds. The number of ether oxygens (including phenoxy) is 1. The second kappa shape index (κ2) is 11.3. The predicted molar refractivity (Wildman–Crippen MR) is 133 cm³/mol. The second-order valence-electron chi connectivity index (χ2n) is 8.18. The summed E-state index contributed by atoms with van der Waals surface area (Å²) in [5.74, 6) is -2.04. The Balaban J connectivity index is 1.41. The summed E-state index contributed by atoms with van der Waals surface area (Å²) >= 11 is 0. The van der Waals surface area contributed by atoms with E-state index in [2.05, 4.69) is 5.32 Å². The topological polar surface area (TPSA) is 75.6 Å². The maximum atomic E-state index is 13.8. The van der Waals surface area contributed by atoms with Gasteiger partial charge in [0.05, 0.1) is 0 Å². The zero-order valence-corrected chi connectivity index (χ0v) is 19.2. The van der Waals surface area contributed by atoms with Gasteiger partial charge < -0.3 is 15.2 Å². The molecule has 4 aromatic carbocycles. The van der Waals surface area contributed by atoms with Gasteiger partial charge in [-0.1, -0.05) is 60.7 Å². The number of fused-ring (bicyclic) bond motifs is 1. The van der Waals surface area contributed by atoms with E-state index >= 15 is 0 Å². The Hall–Kier alpha value is -4.52. The number of carbonyl (C=O) groups excluding carboxylic acids is 1. The van der Waals surface area contributed by atoms with Crippen molar-refractivity contribution in [2.75, 3.05) is 0 Å². The minimum atomic E-state index is -1.18. The summed E-state index contributed by atoms with van der Waals surface area (Å²) in [5, 5.41) is 13.8. The van der Waals surface area contributed by atoms with Crippen LogP contribution in [0.3, 0.4) is 0 Å². The first-order valence-corrected chi connectivity index (χ1v) is 11.2. The van der Waals surface area contributed by atoms with E-state index in [0.717, 1.165) is 16.8 Å². The molecule has 182 valence electrons. The lowest BCUT2D eigenvalue weighted by Crippen LogP contribution is -2.41. The number of hydrogen-bond acceptors (Lipinski definition) is 3. The van der Waals surface area contributed by atoms with Gasteiger partial charge in [0.1, 0.15) is 30.0 Å². The first-order chi connectivity index (χ1) is 17.4. The highest BCUT2D eigenvalue weighted by molar-refractivity contribution is 5.94. The Morgan fingerprint density at radius 2 is 1.58 bits per heavy atom. The highest BCUT2D eigenvalue weighted by Crippen LogP contribution is 2.24. The van der Waals surface area contributed by atoms with Crippen molar-refractivity contribution in [2.24, 2.45) is 0 Å². The third kappa shape index (κ3) is 6.33. The molecule has 0 fully saturated rings. The highest BCUT2D eigenvalue weighted by Gasteiger charge is 2.19. The molecule has 4 aromatic rings. The number of amides is 1. The summed E-state index contributed by atoms with van der Waals surface area (Å²) in [6.07, 6.45) is 2.47. The maximum Gasteiger partial charge on any atom is 0.326 e. The van der Waals surface area contributed by atoms with E-state index in [1.54, 1.807) is 36.4 Å². The average Bonchev–Trinajstić information content (AvgIpc) is 2.87. The van der Waals surface area contributed by atoms with Gasteiger partial charge in [-0.05, 0) is 46.7 Å². The first-order valence-electron chi connectivity index (χ1n) is 11.2. The maximum absolute atomic E-state index is 13.8. The van der Waals surface area contributed by atoms with Crippen molar-refractivity contribution in [2.45, 2.75) is 19.1 Å². The van der Waals surface area contributed by atoms with Crippen LogP contribution in [0.4, 0.5) is 8.78 Å². The molecular formula is C29H23F2NO4. The smallest absolute Gasteiger partial charge is 0.326 e. The predicted octanol–water partition coefficient (Wildman–Crippen LogP) is 5.52. The lowest BCUT2D eigenvalue weighted by Gasteiger charge is -2.14. The normalized spacial score (nSPS) is 11.9. The SMILES string of the molecule is O=C(/C=C/c1ccccc1F)NC(Cc1ccc2cc(OCc3ccccc3F)ccc2c1)C(=O)O. The number of benzene rings is 4. The molecule has 0 saturated heterocycles. The zero-order chi connectivity index (χ0) is 25.5. The quantitative estimate of drug-likeness (QED) is 0.305. The van der Waals surface area contributed by atoms with Crippen LogP contribution < -0.4 is 10.1 Å². The van der Waals surface area contributed by atoms with Crippen molar-refractivity contribution in [3.05, 3.63) is 119 Å². The Morgan fingerprint density at radius 1 is 0.889 bits per heavy atom. The van der Waals surface area contributed by atoms with Gasteiger partial charge in [0.2, 0.25) is 5.91 Å². The molecule has 5 nitrogen and oxygen atoms in total. The zero-order valence-electron chi connectivity index (χ0n) is 19.2. The van der Waals surface area contributed by atoms with Crippen molar-refractivity contribution in [1.82, 2.24) is 5.32 Å². The van der Waals surface area contributed by atoms with Crippen LogP contribution in [0.25, 0.3) is 16.8 Å². The highest BCUT2D eigenvalue weighted by atomic mass is 19.1. The van der Waals surface area contributed by atoms with E-state index in [-0.39, 0.29) is 24.4 Å². The number of nitrogens with one attached hydrogen (secondary N) is 1. The Bertz CT molecular complexity index is 1430. The number of carbonyl (C=O) groups is 2. The number of hydrogen-bond donors (Lipinski definition) is 2. The molecule has 0 saturated carbocycles. The molecule has 1 unspecified atom stereocenters. The molecule has 0 aromatic heterocycles. The van der Waals surface area contributed by atoms with Crippen molar-refractivity contribution in [1.29, 1.82) is 0 Å².